The molecule has 0 saturated carbocycles. The Hall–Kier alpha value is -3.03. The summed E-state index contributed by atoms with van der Waals surface area (Å²) in [5, 5.41) is 6.36. The van der Waals surface area contributed by atoms with Crippen LogP contribution in [0.25, 0.3) is 22.4 Å². The number of amides is 1. The number of rotatable bonds is 5. The molecule has 3 heterocycles. The van der Waals surface area contributed by atoms with Crippen LogP contribution in [0, 0.1) is 5.82 Å². The molecule has 24 heavy (non-hydrogen) atoms. The van der Waals surface area contributed by atoms with Gasteiger partial charge in [-0.25, -0.2) is 19.3 Å². The maximum Gasteiger partial charge on any atom is 0.242 e. The van der Waals surface area contributed by atoms with Gasteiger partial charge in [0.1, 0.15) is 23.3 Å². The summed E-state index contributed by atoms with van der Waals surface area (Å²) in [6, 6.07) is 2.62. The first-order chi connectivity index (χ1) is 11.6. The lowest BCUT2D eigenvalue weighted by molar-refractivity contribution is -0.121. The van der Waals surface area contributed by atoms with Crippen LogP contribution in [-0.4, -0.2) is 38.4 Å². The first-order valence-corrected chi connectivity index (χ1v) is 7.58. The van der Waals surface area contributed by atoms with Gasteiger partial charge in [0, 0.05) is 29.9 Å². The number of H-pyrrole nitrogens is 1. The Balaban J connectivity index is 1.90. The minimum atomic E-state index is -0.435. The number of hydrogen-bond donors (Lipinski definition) is 3. The molecule has 7 nitrogen and oxygen atoms in total. The second kappa shape index (κ2) is 6.61. The molecule has 1 amide bonds. The zero-order chi connectivity index (χ0) is 17.1. The molecule has 8 heteroatoms. The second-order valence-electron chi connectivity index (χ2n) is 5.28. The number of anilines is 1. The van der Waals surface area contributed by atoms with Crippen LogP contribution in [0.2, 0.25) is 0 Å². The summed E-state index contributed by atoms with van der Waals surface area (Å²) in [6.45, 7) is 4.17. The molecule has 0 saturated heterocycles. The van der Waals surface area contributed by atoms with Gasteiger partial charge in [0.15, 0.2) is 5.82 Å². The van der Waals surface area contributed by atoms with Crippen LogP contribution in [0.15, 0.2) is 30.7 Å². The Morgan fingerprint density at radius 2 is 2.25 bits per heavy atom. The minimum absolute atomic E-state index is 0.115. The van der Waals surface area contributed by atoms with Gasteiger partial charge in [-0.15, -0.1) is 0 Å². The molecule has 0 radical (unpaired) electrons. The van der Waals surface area contributed by atoms with E-state index in [0.29, 0.717) is 34.8 Å². The van der Waals surface area contributed by atoms with Crippen molar-refractivity contribution in [2.24, 2.45) is 0 Å². The maximum absolute atomic E-state index is 13.4. The van der Waals surface area contributed by atoms with Crippen molar-refractivity contribution in [3.63, 3.8) is 0 Å². The number of carbonyl (C=O) groups excluding carboxylic acids is 1. The Kier molecular flexibility index (Phi) is 4.37. The highest BCUT2D eigenvalue weighted by atomic mass is 19.1. The van der Waals surface area contributed by atoms with Gasteiger partial charge in [0.2, 0.25) is 5.91 Å². The highest BCUT2D eigenvalue weighted by Gasteiger charge is 2.14. The lowest BCUT2D eigenvalue weighted by Gasteiger charge is -2.14. The first kappa shape index (κ1) is 15.9. The highest BCUT2D eigenvalue weighted by Crippen LogP contribution is 2.26. The van der Waals surface area contributed by atoms with Gasteiger partial charge in [-0.2, -0.15) is 0 Å². The average Bonchev–Trinajstić information content (AvgIpc) is 2.98. The van der Waals surface area contributed by atoms with E-state index in [4.69, 9.17) is 0 Å². The largest absolute Gasteiger partial charge is 0.359 e. The van der Waals surface area contributed by atoms with Crippen LogP contribution >= 0.6 is 0 Å². The molecule has 3 aromatic rings. The van der Waals surface area contributed by atoms with Gasteiger partial charge in [-0.1, -0.05) is 0 Å². The smallest absolute Gasteiger partial charge is 0.242 e. The van der Waals surface area contributed by atoms with E-state index in [-0.39, 0.29) is 5.91 Å². The van der Waals surface area contributed by atoms with E-state index in [1.165, 1.54) is 6.07 Å². The maximum atomic E-state index is 13.4. The predicted molar refractivity (Wildman–Crippen MR) is 88.8 cm³/mol. The minimum Gasteiger partial charge on any atom is -0.359 e. The van der Waals surface area contributed by atoms with Gasteiger partial charge < -0.3 is 15.6 Å². The van der Waals surface area contributed by atoms with Gasteiger partial charge in [-0.05, 0) is 26.0 Å². The summed E-state index contributed by atoms with van der Waals surface area (Å²) in [6.07, 6.45) is 4.42. The molecule has 0 aliphatic rings. The van der Waals surface area contributed by atoms with Crippen molar-refractivity contribution < 1.29 is 9.18 Å². The molecule has 0 fully saturated rings. The number of nitrogens with one attached hydrogen (secondary N) is 3. The quantitative estimate of drug-likeness (QED) is 0.666. The molecule has 124 valence electrons. The van der Waals surface area contributed by atoms with Gasteiger partial charge in [0.05, 0.1) is 6.20 Å². The fourth-order valence-corrected chi connectivity index (χ4v) is 2.35. The molecule has 0 spiro atoms. The number of hydrogen-bond acceptors (Lipinski definition) is 5. The zero-order valence-corrected chi connectivity index (χ0v) is 13.3. The number of halogens is 1. The van der Waals surface area contributed by atoms with Crippen LogP contribution in [0.4, 0.5) is 10.2 Å². The van der Waals surface area contributed by atoms with Gasteiger partial charge >= 0.3 is 0 Å². The van der Waals surface area contributed by atoms with E-state index in [1.54, 1.807) is 25.4 Å². The summed E-state index contributed by atoms with van der Waals surface area (Å²) in [7, 11) is 0. The summed E-state index contributed by atoms with van der Waals surface area (Å²) >= 11 is 0. The van der Waals surface area contributed by atoms with E-state index in [2.05, 4.69) is 30.6 Å². The number of likely N-dealkylation sites (N-methyl/N-ethyl adjacent to an activating group) is 1. The molecule has 3 N–H and O–H groups in total. The highest BCUT2D eigenvalue weighted by molar-refractivity contribution is 5.91. The van der Waals surface area contributed by atoms with Crippen molar-refractivity contribution in [1.29, 1.82) is 0 Å². The second-order valence-corrected chi connectivity index (χ2v) is 5.28. The standard InChI is InChI=1S/C16H17FN6O/c1-3-18-16(24)9(2)22-13-4-5-19-15(23-13)12-8-21-14-11(12)6-10(17)7-20-14/h4-9H,3H2,1-2H3,(H,18,24)(H,20,21)(H,19,22,23)/t9-/m1/s1. The molecular formula is C16H17FN6O. The number of carbonyl (C=O) groups is 1. The molecule has 0 unspecified atom stereocenters. The third-order valence-electron chi connectivity index (χ3n) is 3.50. The molecule has 0 bridgehead atoms. The van der Waals surface area contributed by atoms with Crippen LogP contribution in [0.5, 0.6) is 0 Å². The van der Waals surface area contributed by atoms with Crippen LogP contribution in [-0.2, 0) is 4.79 Å². The Labute approximate surface area is 137 Å². The molecular weight excluding hydrogens is 311 g/mol. The number of pyridine rings is 1. The van der Waals surface area contributed by atoms with E-state index < -0.39 is 11.9 Å². The lowest BCUT2D eigenvalue weighted by atomic mass is 10.2. The summed E-state index contributed by atoms with van der Waals surface area (Å²) in [5.41, 5.74) is 1.20. The van der Waals surface area contributed by atoms with Crippen LogP contribution in [0.1, 0.15) is 13.8 Å². The Morgan fingerprint density at radius 3 is 3.04 bits per heavy atom. The lowest BCUT2D eigenvalue weighted by Crippen LogP contribution is -2.37. The van der Waals surface area contributed by atoms with Crippen molar-refractivity contribution in [2.75, 3.05) is 11.9 Å². The van der Waals surface area contributed by atoms with Crippen molar-refractivity contribution in [3.8, 4) is 11.4 Å². The van der Waals surface area contributed by atoms with Crippen molar-refractivity contribution in [2.45, 2.75) is 19.9 Å². The molecule has 3 rings (SSSR count). The van der Waals surface area contributed by atoms with E-state index in [1.807, 2.05) is 6.92 Å². The topological polar surface area (TPSA) is 95.6 Å². The predicted octanol–water partition coefficient (Wildman–Crippen LogP) is 2.10. The van der Waals surface area contributed by atoms with Crippen LogP contribution in [0.3, 0.4) is 0 Å². The van der Waals surface area contributed by atoms with Gasteiger partial charge in [0.25, 0.3) is 0 Å². The molecule has 0 aromatic carbocycles. The van der Waals surface area contributed by atoms with Crippen molar-refractivity contribution in [1.82, 2.24) is 25.3 Å². The van der Waals surface area contributed by atoms with Crippen molar-refractivity contribution in [3.05, 3.63) is 36.5 Å². The fourth-order valence-electron chi connectivity index (χ4n) is 2.35. The average molecular weight is 328 g/mol. The first-order valence-electron chi connectivity index (χ1n) is 7.58. The monoisotopic (exact) mass is 328 g/mol. The normalized spacial score (nSPS) is 12.1. The number of nitrogens with zero attached hydrogens (tertiary/aromatic N) is 3. The third-order valence-corrected chi connectivity index (χ3v) is 3.50. The molecule has 0 aliphatic carbocycles. The SMILES string of the molecule is CCNC(=O)[C@@H](C)Nc1ccnc(-c2c[nH]c3ncc(F)cc23)n1. The Bertz CT molecular complexity index is 878. The molecule has 3 aromatic heterocycles. The van der Waals surface area contributed by atoms with E-state index >= 15 is 0 Å². The number of aromatic nitrogens is 4. The zero-order valence-electron chi connectivity index (χ0n) is 13.3. The fraction of sp³-hybridized carbons (Fsp3) is 0.250. The van der Waals surface area contributed by atoms with Gasteiger partial charge in [-0.3, -0.25) is 4.79 Å². The van der Waals surface area contributed by atoms with Crippen molar-refractivity contribution >= 4 is 22.8 Å². The summed E-state index contributed by atoms with van der Waals surface area (Å²) < 4.78 is 13.4. The van der Waals surface area contributed by atoms with Crippen LogP contribution < -0.4 is 10.6 Å². The Morgan fingerprint density at radius 1 is 1.42 bits per heavy atom. The number of fused-ring (bicyclic) bond motifs is 1. The summed E-state index contributed by atoms with van der Waals surface area (Å²) in [5.74, 6) is 0.387. The third kappa shape index (κ3) is 3.17. The molecule has 1 atom stereocenters. The number of aromatic amines is 1. The van der Waals surface area contributed by atoms with E-state index in [9.17, 15) is 9.18 Å². The van der Waals surface area contributed by atoms with E-state index in [0.717, 1.165) is 6.20 Å². The summed E-state index contributed by atoms with van der Waals surface area (Å²) in [4.78, 5) is 27.4. The molecule has 0 aliphatic heterocycles.